The number of rotatable bonds is 8. The van der Waals surface area contributed by atoms with Gasteiger partial charge in [0.25, 0.3) is 11.8 Å². The maximum Gasteiger partial charge on any atom is 0.256 e. The second-order valence-corrected chi connectivity index (χ2v) is 9.70. The number of carbonyl (C=O) groups excluding carboxylic acids is 2. The molecule has 7 heteroatoms. The lowest BCUT2D eigenvalue weighted by molar-refractivity contribution is 0.0673. The molecule has 0 aliphatic rings. The van der Waals surface area contributed by atoms with Crippen LogP contribution >= 0.6 is 15.9 Å². The van der Waals surface area contributed by atoms with Gasteiger partial charge >= 0.3 is 0 Å². The van der Waals surface area contributed by atoms with Crippen LogP contribution in [0.25, 0.3) is 0 Å². The fourth-order valence-electron chi connectivity index (χ4n) is 3.41. The van der Waals surface area contributed by atoms with E-state index in [4.69, 9.17) is 11.0 Å². The Morgan fingerprint density at radius 2 is 1.68 bits per heavy atom. The fourth-order valence-corrected chi connectivity index (χ4v) is 3.87. The Morgan fingerprint density at radius 1 is 1.03 bits per heavy atom. The van der Waals surface area contributed by atoms with E-state index in [9.17, 15) is 9.59 Å². The van der Waals surface area contributed by atoms with Crippen LogP contribution in [-0.4, -0.2) is 29.8 Å². The molecule has 0 aromatic heterocycles. The minimum atomic E-state index is -0.265. The molecule has 3 N–H and O–H groups in total. The zero-order valence-electron chi connectivity index (χ0n) is 19.2. The first kappa shape index (κ1) is 25.2. The smallest absolute Gasteiger partial charge is 0.256 e. The highest BCUT2D eigenvalue weighted by molar-refractivity contribution is 9.10. The van der Waals surface area contributed by atoms with Crippen LogP contribution in [0.3, 0.4) is 0 Å². The third kappa shape index (κ3) is 6.53. The maximum absolute atomic E-state index is 13.3. The number of hydrogen-bond donors (Lipinski definition) is 2. The molecule has 0 heterocycles. The maximum atomic E-state index is 13.3. The summed E-state index contributed by atoms with van der Waals surface area (Å²) in [6.45, 7) is 5.34. The molecule has 2 amide bonds. The third-order valence-electron chi connectivity index (χ3n) is 5.42. The van der Waals surface area contributed by atoms with Crippen LogP contribution in [0.15, 0.2) is 77.3 Å². The summed E-state index contributed by atoms with van der Waals surface area (Å²) in [5.41, 5.74) is 8.83. The molecule has 0 saturated heterocycles. The largest absolute Gasteiger partial charge is 0.334 e. The Labute approximate surface area is 208 Å². The molecule has 0 atom stereocenters. The van der Waals surface area contributed by atoms with E-state index in [2.05, 4.69) is 27.3 Å². The third-order valence-corrected chi connectivity index (χ3v) is 6.11. The summed E-state index contributed by atoms with van der Waals surface area (Å²) in [5.74, 6) is -0.333. The van der Waals surface area contributed by atoms with E-state index in [1.165, 1.54) is 0 Å². The van der Waals surface area contributed by atoms with Crippen LogP contribution in [0.4, 0.5) is 5.69 Å². The van der Waals surface area contributed by atoms with E-state index in [0.29, 0.717) is 42.0 Å². The Morgan fingerprint density at radius 3 is 2.26 bits per heavy atom. The van der Waals surface area contributed by atoms with Crippen molar-refractivity contribution in [2.24, 2.45) is 11.1 Å². The van der Waals surface area contributed by atoms with Gasteiger partial charge in [0.2, 0.25) is 0 Å². The predicted molar refractivity (Wildman–Crippen MR) is 137 cm³/mol. The van der Waals surface area contributed by atoms with E-state index in [-0.39, 0.29) is 17.2 Å². The number of carbonyl (C=O) groups is 2. The first-order chi connectivity index (χ1) is 16.2. The van der Waals surface area contributed by atoms with Gasteiger partial charge in [0.1, 0.15) is 0 Å². The highest BCUT2D eigenvalue weighted by atomic mass is 79.9. The highest BCUT2D eigenvalue weighted by Gasteiger charge is 2.25. The van der Waals surface area contributed by atoms with Crippen molar-refractivity contribution in [1.29, 1.82) is 5.26 Å². The molecule has 3 aromatic rings. The molecule has 0 fully saturated rings. The molecule has 3 aromatic carbocycles. The lowest BCUT2D eigenvalue weighted by Gasteiger charge is -2.32. The Bertz CT molecular complexity index is 1200. The molecule has 34 heavy (non-hydrogen) atoms. The highest BCUT2D eigenvalue weighted by Crippen LogP contribution is 2.22. The van der Waals surface area contributed by atoms with Crippen molar-refractivity contribution >= 4 is 33.4 Å². The number of benzene rings is 3. The van der Waals surface area contributed by atoms with Crippen LogP contribution < -0.4 is 11.1 Å². The molecule has 0 unspecified atom stereocenters. The number of nitriles is 1. The van der Waals surface area contributed by atoms with E-state index in [1.807, 2.05) is 56.3 Å². The van der Waals surface area contributed by atoms with Gasteiger partial charge in [-0.25, -0.2) is 0 Å². The van der Waals surface area contributed by atoms with E-state index < -0.39 is 0 Å². The standard InChI is InChI=1S/C27H27BrN4O2/c1-27(2,17-30)18-32(26(34)21-11-7-19(15-29)8-12-21)16-20-9-13-22(14-10-20)31-25(33)23-5-3-4-6-24(23)28/h3-14H,16-18,30H2,1-2H3,(H,31,33). The normalized spacial score (nSPS) is 10.9. The monoisotopic (exact) mass is 518 g/mol. The molecular formula is C27H27BrN4O2. The second kappa shape index (κ2) is 11.1. The first-order valence-electron chi connectivity index (χ1n) is 10.9. The SMILES string of the molecule is CC(C)(CN)CN(Cc1ccc(NC(=O)c2ccccc2Br)cc1)C(=O)c1ccc(C#N)cc1. The van der Waals surface area contributed by atoms with E-state index >= 15 is 0 Å². The topological polar surface area (TPSA) is 99.2 Å². The summed E-state index contributed by atoms with van der Waals surface area (Å²) in [5, 5.41) is 11.9. The number of hydrogen-bond acceptors (Lipinski definition) is 4. The van der Waals surface area contributed by atoms with Crippen LogP contribution in [0, 0.1) is 16.7 Å². The van der Waals surface area contributed by atoms with Gasteiger partial charge in [-0.3, -0.25) is 9.59 Å². The molecule has 174 valence electrons. The van der Waals surface area contributed by atoms with Crippen LogP contribution in [-0.2, 0) is 6.54 Å². The van der Waals surface area contributed by atoms with Crippen LogP contribution in [0.1, 0.15) is 45.7 Å². The Kier molecular flexibility index (Phi) is 8.21. The predicted octanol–water partition coefficient (Wildman–Crippen LogP) is 5.20. The zero-order chi connectivity index (χ0) is 24.7. The van der Waals surface area contributed by atoms with Crippen molar-refractivity contribution < 1.29 is 9.59 Å². The van der Waals surface area contributed by atoms with Crippen molar-refractivity contribution in [2.75, 3.05) is 18.4 Å². The van der Waals surface area contributed by atoms with Crippen molar-refractivity contribution in [3.63, 3.8) is 0 Å². The molecule has 0 saturated carbocycles. The number of anilines is 1. The van der Waals surface area contributed by atoms with Gasteiger partial charge in [0.15, 0.2) is 0 Å². The van der Waals surface area contributed by atoms with Gasteiger partial charge in [0.05, 0.1) is 17.2 Å². The van der Waals surface area contributed by atoms with E-state index in [1.54, 1.807) is 35.2 Å². The van der Waals surface area contributed by atoms with Gasteiger partial charge in [-0.2, -0.15) is 5.26 Å². The lowest BCUT2D eigenvalue weighted by Crippen LogP contribution is -2.41. The molecule has 0 spiro atoms. The average molecular weight is 519 g/mol. The summed E-state index contributed by atoms with van der Waals surface area (Å²) in [4.78, 5) is 27.6. The minimum Gasteiger partial charge on any atom is -0.334 e. The average Bonchev–Trinajstić information content (AvgIpc) is 2.84. The summed E-state index contributed by atoms with van der Waals surface area (Å²) in [6, 6.07) is 23.4. The summed E-state index contributed by atoms with van der Waals surface area (Å²) < 4.78 is 0.726. The van der Waals surface area contributed by atoms with Crippen molar-refractivity contribution in [3.05, 3.63) is 99.5 Å². The minimum absolute atomic E-state index is 0.127. The summed E-state index contributed by atoms with van der Waals surface area (Å²) in [7, 11) is 0. The van der Waals surface area contributed by atoms with Gasteiger partial charge in [-0.05, 0) is 82.0 Å². The molecule has 6 nitrogen and oxygen atoms in total. The van der Waals surface area contributed by atoms with Gasteiger partial charge in [-0.1, -0.05) is 38.1 Å². The number of nitrogens with one attached hydrogen (secondary N) is 1. The molecule has 0 aliphatic heterocycles. The van der Waals surface area contributed by atoms with Crippen LogP contribution in [0.5, 0.6) is 0 Å². The van der Waals surface area contributed by atoms with E-state index in [0.717, 1.165) is 10.0 Å². The summed E-state index contributed by atoms with van der Waals surface area (Å²) >= 11 is 3.40. The quantitative estimate of drug-likeness (QED) is 0.427. The molecule has 0 aliphatic carbocycles. The van der Waals surface area contributed by atoms with Gasteiger partial charge in [0, 0.05) is 28.8 Å². The number of nitrogens with zero attached hydrogens (tertiary/aromatic N) is 2. The number of amides is 2. The van der Waals surface area contributed by atoms with Crippen molar-refractivity contribution in [3.8, 4) is 6.07 Å². The summed E-state index contributed by atoms with van der Waals surface area (Å²) in [6.07, 6.45) is 0. The number of halogens is 1. The fraction of sp³-hybridized carbons (Fsp3) is 0.222. The molecular weight excluding hydrogens is 492 g/mol. The van der Waals surface area contributed by atoms with Crippen LogP contribution in [0.2, 0.25) is 0 Å². The van der Waals surface area contributed by atoms with Crippen molar-refractivity contribution in [2.45, 2.75) is 20.4 Å². The first-order valence-corrected chi connectivity index (χ1v) is 11.7. The van der Waals surface area contributed by atoms with Gasteiger partial charge in [-0.15, -0.1) is 0 Å². The van der Waals surface area contributed by atoms with Crippen molar-refractivity contribution in [1.82, 2.24) is 4.90 Å². The van der Waals surface area contributed by atoms with Gasteiger partial charge < -0.3 is 16.0 Å². The Hall–Kier alpha value is -3.47. The number of nitrogens with two attached hydrogens (primary N) is 1. The molecule has 0 radical (unpaired) electrons. The second-order valence-electron chi connectivity index (χ2n) is 8.85. The molecule has 0 bridgehead atoms. The lowest BCUT2D eigenvalue weighted by atomic mass is 9.92. The molecule has 3 rings (SSSR count). The Balaban J connectivity index is 1.76. The zero-order valence-corrected chi connectivity index (χ0v) is 20.8.